The predicted octanol–water partition coefficient (Wildman–Crippen LogP) is 5.64. The summed E-state index contributed by atoms with van der Waals surface area (Å²) in [6.07, 6.45) is 8.94. The maximum absolute atomic E-state index is 6.53. The first kappa shape index (κ1) is 18.3. The number of rotatable bonds is 5. The molecule has 0 aliphatic carbocycles. The summed E-state index contributed by atoms with van der Waals surface area (Å²) >= 11 is 8.02. The molecule has 0 N–H and O–H groups in total. The van der Waals surface area contributed by atoms with Crippen LogP contribution in [0.25, 0.3) is 37.7 Å². The van der Waals surface area contributed by atoms with Crippen molar-refractivity contribution in [3.8, 4) is 21.1 Å². The molecule has 0 unspecified atom stereocenters. The van der Waals surface area contributed by atoms with Crippen molar-refractivity contribution >= 4 is 46.3 Å². The molecule has 0 aliphatic heterocycles. The highest BCUT2D eigenvalue weighted by molar-refractivity contribution is 7.19. The smallest absolute Gasteiger partial charge is 0.150 e. The van der Waals surface area contributed by atoms with Gasteiger partial charge in [0.1, 0.15) is 10.2 Å². The molecule has 138 valence electrons. The number of hydrogen-bond donors (Lipinski definition) is 0. The second-order valence-corrected chi connectivity index (χ2v) is 7.40. The fraction of sp³-hybridized carbons (Fsp3) is 0.0476. The van der Waals surface area contributed by atoms with Crippen molar-refractivity contribution in [2.75, 3.05) is 0 Å². The van der Waals surface area contributed by atoms with Crippen LogP contribution in [0.1, 0.15) is 5.69 Å². The van der Waals surface area contributed by atoms with Crippen LogP contribution in [0.15, 0.2) is 66.6 Å². The molecule has 0 radical (unpaired) electrons. The van der Waals surface area contributed by atoms with Gasteiger partial charge in [-0.05, 0) is 37.1 Å². The Labute approximate surface area is 171 Å². The highest BCUT2D eigenvalue weighted by Gasteiger charge is 2.19. The third-order valence-electron chi connectivity index (χ3n) is 4.30. The van der Waals surface area contributed by atoms with Crippen LogP contribution in [0.4, 0.5) is 0 Å². The maximum Gasteiger partial charge on any atom is 0.150 e. The Morgan fingerprint density at radius 2 is 2.18 bits per heavy atom. The molecule has 0 saturated heterocycles. The zero-order valence-corrected chi connectivity index (χ0v) is 16.7. The van der Waals surface area contributed by atoms with Gasteiger partial charge in [-0.1, -0.05) is 24.3 Å². The number of aryl methyl sites for hydroxylation is 1. The average molecular weight is 406 g/mol. The molecule has 28 heavy (non-hydrogen) atoms. The number of pyridine rings is 2. The number of hydrogen-bond acceptors (Lipinski definition) is 5. The van der Waals surface area contributed by atoms with Crippen LogP contribution in [0.2, 0.25) is 5.15 Å². The molecule has 4 aromatic heterocycles. The van der Waals surface area contributed by atoms with Crippen LogP contribution in [0.3, 0.4) is 0 Å². The number of aromatic nitrogens is 4. The van der Waals surface area contributed by atoms with Gasteiger partial charge in [0, 0.05) is 36.6 Å². The van der Waals surface area contributed by atoms with Gasteiger partial charge in [-0.25, -0.2) is 9.97 Å². The Bertz CT molecular complexity index is 1220. The summed E-state index contributed by atoms with van der Waals surface area (Å²) in [5.74, 6) is 0. The first-order valence-corrected chi connectivity index (χ1v) is 9.65. The van der Waals surface area contributed by atoms with E-state index in [4.69, 9.17) is 16.6 Å². The van der Waals surface area contributed by atoms with Gasteiger partial charge in [-0.3, -0.25) is 9.98 Å². The molecular weight excluding hydrogens is 390 g/mol. The van der Waals surface area contributed by atoms with Crippen molar-refractivity contribution < 1.29 is 0 Å². The monoisotopic (exact) mass is 405 g/mol. The summed E-state index contributed by atoms with van der Waals surface area (Å²) < 4.78 is 2.04. The van der Waals surface area contributed by atoms with E-state index in [9.17, 15) is 0 Å². The summed E-state index contributed by atoms with van der Waals surface area (Å²) in [4.78, 5) is 18.4. The van der Waals surface area contributed by atoms with Crippen LogP contribution >= 0.6 is 22.9 Å². The van der Waals surface area contributed by atoms with Gasteiger partial charge in [0.2, 0.25) is 0 Å². The van der Waals surface area contributed by atoms with Gasteiger partial charge in [0.25, 0.3) is 0 Å². The molecule has 0 atom stereocenters. The van der Waals surface area contributed by atoms with Crippen molar-refractivity contribution in [3.05, 3.63) is 72.4 Å². The van der Waals surface area contributed by atoms with Crippen molar-refractivity contribution in [3.63, 3.8) is 0 Å². The molecule has 4 aromatic rings. The summed E-state index contributed by atoms with van der Waals surface area (Å²) in [6.45, 7) is 7.40. The van der Waals surface area contributed by atoms with Crippen LogP contribution in [0, 0.1) is 0 Å². The normalized spacial score (nSPS) is 11.7. The molecular formula is C21H16ClN5S. The fourth-order valence-corrected chi connectivity index (χ4v) is 4.25. The first-order valence-electron chi connectivity index (χ1n) is 8.45. The molecule has 0 saturated carbocycles. The minimum atomic E-state index is 0.416. The Balaban J connectivity index is 1.96. The Morgan fingerprint density at radius 1 is 1.32 bits per heavy atom. The Kier molecular flexibility index (Phi) is 4.90. The van der Waals surface area contributed by atoms with Crippen LogP contribution < -0.4 is 0 Å². The average Bonchev–Trinajstić information content (AvgIpc) is 3.29. The number of allylic oxidation sites excluding steroid dienone is 2. The lowest BCUT2D eigenvalue weighted by Gasteiger charge is -2.07. The van der Waals surface area contributed by atoms with Gasteiger partial charge in [0.15, 0.2) is 0 Å². The Hall–Kier alpha value is -3.09. The molecule has 0 spiro atoms. The van der Waals surface area contributed by atoms with E-state index >= 15 is 0 Å². The zero-order valence-electron chi connectivity index (χ0n) is 15.1. The highest BCUT2D eigenvalue weighted by Crippen LogP contribution is 2.40. The van der Waals surface area contributed by atoms with Gasteiger partial charge < -0.3 is 4.57 Å². The van der Waals surface area contributed by atoms with E-state index in [1.165, 1.54) is 11.3 Å². The second kappa shape index (κ2) is 7.50. The fourth-order valence-electron chi connectivity index (χ4n) is 2.96. The molecule has 0 fully saturated rings. The van der Waals surface area contributed by atoms with E-state index < -0.39 is 0 Å². The van der Waals surface area contributed by atoms with E-state index in [-0.39, 0.29) is 0 Å². The topological polar surface area (TPSA) is 56.0 Å². The van der Waals surface area contributed by atoms with Crippen LogP contribution in [-0.4, -0.2) is 26.2 Å². The standard InChI is InChI=1S/C21H16ClN5S/c1-4-6-15(23-2)16-11-17-14(8-10-27(17)3)18(25-16)19-20(22)26-21(28-19)13-7-5-9-24-12-13/h4-12H,1-2H2,3H3/b15-6-. The first-order chi connectivity index (χ1) is 13.6. The third-order valence-corrected chi connectivity index (χ3v) is 5.80. The second-order valence-electron chi connectivity index (χ2n) is 6.04. The summed E-state index contributed by atoms with van der Waals surface area (Å²) in [5, 5.41) is 2.21. The number of halogens is 1. The molecule has 7 heteroatoms. The van der Waals surface area contributed by atoms with E-state index in [2.05, 4.69) is 28.3 Å². The van der Waals surface area contributed by atoms with E-state index in [0.29, 0.717) is 16.5 Å². The van der Waals surface area contributed by atoms with Crippen LogP contribution in [-0.2, 0) is 7.05 Å². The minimum Gasteiger partial charge on any atom is -0.350 e. The minimum absolute atomic E-state index is 0.416. The quantitative estimate of drug-likeness (QED) is 0.319. The van der Waals surface area contributed by atoms with Gasteiger partial charge in [-0.2, -0.15) is 0 Å². The van der Waals surface area contributed by atoms with Crippen molar-refractivity contribution in [1.82, 2.24) is 19.5 Å². The van der Waals surface area contributed by atoms with Crippen molar-refractivity contribution in [1.29, 1.82) is 0 Å². The molecule has 0 aromatic carbocycles. The van der Waals surface area contributed by atoms with Crippen molar-refractivity contribution in [2.45, 2.75) is 0 Å². The van der Waals surface area contributed by atoms with Crippen LogP contribution in [0.5, 0.6) is 0 Å². The third kappa shape index (κ3) is 3.17. The van der Waals surface area contributed by atoms with Gasteiger partial charge >= 0.3 is 0 Å². The summed E-state index contributed by atoms with van der Waals surface area (Å²) in [5.41, 5.74) is 4.05. The van der Waals surface area contributed by atoms with Gasteiger partial charge in [-0.15, -0.1) is 11.3 Å². The zero-order chi connectivity index (χ0) is 19.7. The number of nitrogens with zero attached hydrogens (tertiary/aromatic N) is 5. The molecule has 4 rings (SSSR count). The van der Waals surface area contributed by atoms with E-state index in [1.807, 2.05) is 42.1 Å². The molecule has 0 aliphatic rings. The Morgan fingerprint density at radius 3 is 2.89 bits per heavy atom. The lowest BCUT2D eigenvalue weighted by molar-refractivity contribution is 0.967. The predicted molar refractivity (Wildman–Crippen MR) is 118 cm³/mol. The van der Waals surface area contributed by atoms with E-state index in [1.54, 1.807) is 24.5 Å². The lowest BCUT2D eigenvalue weighted by Crippen LogP contribution is -1.94. The largest absolute Gasteiger partial charge is 0.350 e. The highest BCUT2D eigenvalue weighted by atomic mass is 35.5. The lowest BCUT2D eigenvalue weighted by atomic mass is 10.1. The van der Waals surface area contributed by atoms with Crippen molar-refractivity contribution in [2.24, 2.45) is 12.0 Å². The number of fused-ring (bicyclic) bond motifs is 1. The molecule has 5 nitrogen and oxygen atoms in total. The summed E-state index contributed by atoms with van der Waals surface area (Å²) in [7, 11) is 1.99. The SMILES string of the molecule is C=C/C=C(\N=C)c1cc2c(ccn2C)c(-c2sc(-c3cccnc3)nc2Cl)n1. The maximum atomic E-state index is 6.53. The molecule has 4 heterocycles. The number of thiazole rings is 1. The van der Waals surface area contributed by atoms with Gasteiger partial charge in [0.05, 0.1) is 27.5 Å². The number of aliphatic imine (C=N–C) groups is 1. The molecule has 0 amide bonds. The van der Waals surface area contributed by atoms with E-state index in [0.717, 1.165) is 32.0 Å². The summed E-state index contributed by atoms with van der Waals surface area (Å²) in [6, 6.07) is 7.85. The molecule has 0 bridgehead atoms.